The van der Waals surface area contributed by atoms with E-state index in [4.69, 9.17) is 0 Å². The van der Waals surface area contributed by atoms with Crippen molar-refractivity contribution in [1.29, 1.82) is 0 Å². The summed E-state index contributed by atoms with van der Waals surface area (Å²) in [5.41, 5.74) is 0. The van der Waals surface area contributed by atoms with Crippen LogP contribution in [0.5, 0.6) is 0 Å². The molecule has 1 aromatic rings. The van der Waals surface area contributed by atoms with Crippen molar-refractivity contribution in [2.75, 3.05) is 6.54 Å². The van der Waals surface area contributed by atoms with Crippen LogP contribution in [-0.2, 0) is 4.79 Å². The number of carbonyl (C=O) groups is 1. The van der Waals surface area contributed by atoms with Gasteiger partial charge in [0.25, 0.3) is 0 Å². The third kappa shape index (κ3) is 3.38. The second-order valence-corrected chi connectivity index (χ2v) is 7.18. The molecule has 2 N–H and O–H groups in total. The molecule has 0 radical (unpaired) electrons. The number of aromatic nitrogens is 1. The van der Waals surface area contributed by atoms with Crippen molar-refractivity contribution < 1.29 is 4.79 Å². The van der Waals surface area contributed by atoms with Gasteiger partial charge in [0.1, 0.15) is 0 Å². The molecule has 5 heteroatoms. The lowest BCUT2D eigenvalue weighted by atomic mass is 9.89. The lowest BCUT2D eigenvalue weighted by Crippen LogP contribution is -2.40. The molecule has 3 rings (SSSR count). The molecule has 0 spiro atoms. The molecule has 110 valence electrons. The maximum absolute atomic E-state index is 12.1. The molecule has 3 heterocycles. The van der Waals surface area contributed by atoms with Gasteiger partial charge in [-0.2, -0.15) is 0 Å². The highest BCUT2D eigenvalue weighted by Crippen LogP contribution is 2.32. The van der Waals surface area contributed by atoms with E-state index in [-0.39, 0.29) is 5.91 Å². The Kier molecular flexibility index (Phi) is 4.36. The number of nitrogens with one attached hydrogen (secondary N) is 2. The number of hydrogen-bond acceptors (Lipinski definition) is 4. The van der Waals surface area contributed by atoms with Gasteiger partial charge >= 0.3 is 0 Å². The van der Waals surface area contributed by atoms with Crippen molar-refractivity contribution in [3.8, 4) is 0 Å². The van der Waals surface area contributed by atoms with Crippen molar-refractivity contribution in [3.05, 3.63) is 16.6 Å². The Hall–Kier alpha value is -0.940. The van der Waals surface area contributed by atoms with Gasteiger partial charge < -0.3 is 10.6 Å². The van der Waals surface area contributed by atoms with Crippen molar-refractivity contribution in [1.82, 2.24) is 15.6 Å². The number of nitrogens with zero attached hydrogens (tertiary/aromatic N) is 1. The Bertz CT molecular complexity index is 436. The predicted molar refractivity (Wildman–Crippen MR) is 80.8 cm³/mol. The van der Waals surface area contributed by atoms with Gasteiger partial charge in [0.15, 0.2) is 0 Å². The molecule has 2 saturated heterocycles. The van der Waals surface area contributed by atoms with Gasteiger partial charge in [-0.05, 0) is 31.6 Å². The monoisotopic (exact) mass is 293 g/mol. The summed E-state index contributed by atoms with van der Waals surface area (Å²) in [4.78, 5) is 16.4. The van der Waals surface area contributed by atoms with Crippen LogP contribution >= 0.6 is 11.3 Å². The third-order valence-electron chi connectivity index (χ3n) is 4.52. The second-order valence-electron chi connectivity index (χ2n) is 6.25. The zero-order valence-electron chi connectivity index (χ0n) is 12.0. The van der Waals surface area contributed by atoms with Gasteiger partial charge in [0.2, 0.25) is 5.91 Å². The Morgan fingerprint density at radius 3 is 2.90 bits per heavy atom. The van der Waals surface area contributed by atoms with Gasteiger partial charge in [-0.15, -0.1) is 11.3 Å². The molecular weight excluding hydrogens is 270 g/mol. The first-order valence-electron chi connectivity index (χ1n) is 7.63. The summed E-state index contributed by atoms with van der Waals surface area (Å²) in [6.45, 7) is 2.81. The van der Waals surface area contributed by atoms with Gasteiger partial charge in [-0.1, -0.05) is 6.92 Å². The standard InChI is InChI=1S/C15H23N3OS/c1-10(15-16-4-5-20-15)9-17-14(19)8-11-6-12-2-3-13(7-11)18-12/h4-5,10-13,18H,2-3,6-9H2,1H3,(H,17,19). The molecule has 2 bridgehead atoms. The fraction of sp³-hybridized carbons (Fsp3) is 0.733. The fourth-order valence-corrected chi connectivity index (χ4v) is 4.21. The van der Waals surface area contributed by atoms with E-state index in [9.17, 15) is 4.79 Å². The molecule has 1 amide bonds. The van der Waals surface area contributed by atoms with Crippen LogP contribution in [0.4, 0.5) is 0 Å². The third-order valence-corrected chi connectivity index (χ3v) is 5.53. The molecule has 2 aliphatic rings. The number of rotatable bonds is 5. The molecule has 3 atom stereocenters. The van der Waals surface area contributed by atoms with Crippen LogP contribution in [0.3, 0.4) is 0 Å². The van der Waals surface area contributed by atoms with Crippen LogP contribution < -0.4 is 10.6 Å². The van der Waals surface area contributed by atoms with Crippen molar-refractivity contribution in [3.63, 3.8) is 0 Å². The lowest BCUT2D eigenvalue weighted by Gasteiger charge is -2.28. The van der Waals surface area contributed by atoms with E-state index in [1.54, 1.807) is 11.3 Å². The molecule has 20 heavy (non-hydrogen) atoms. The van der Waals surface area contributed by atoms with E-state index in [1.165, 1.54) is 25.7 Å². The van der Waals surface area contributed by atoms with Gasteiger partial charge in [-0.3, -0.25) is 4.79 Å². The fourth-order valence-electron chi connectivity index (χ4n) is 3.51. The Morgan fingerprint density at radius 1 is 1.50 bits per heavy atom. The molecule has 0 aliphatic carbocycles. The summed E-state index contributed by atoms with van der Waals surface area (Å²) in [5.74, 6) is 1.09. The highest BCUT2D eigenvalue weighted by atomic mass is 32.1. The quantitative estimate of drug-likeness (QED) is 0.876. The van der Waals surface area contributed by atoms with Crippen LogP contribution in [-0.4, -0.2) is 29.5 Å². The van der Waals surface area contributed by atoms with Crippen LogP contribution in [0.15, 0.2) is 11.6 Å². The van der Waals surface area contributed by atoms with E-state index in [1.807, 2.05) is 11.6 Å². The van der Waals surface area contributed by atoms with E-state index in [0.717, 1.165) is 5.01 Å². The normalized spacial score (nSPS) is 30.1. The average molecular weight is 293 g/mol. The van der Waals surface area contributed by atoms with E-state index < -0.39 is 0 Å². The highest BCUT2D eigenvalue weighted by Gasteiger charge is 2.34. The van der Waals surface area contributed by atoms with Crippen LogP contribution in [0, 0.1) is 5.92 Å². The number of thiazole rings is 1. The first-order valence-corrected chi connectivity index (χ1v) is 8.51. The molecule has 3 unspecified atom stereocenters. The number of amides is 1. The van der Waals surface area contributed by atoms with E-state index >= 15 is 0 Å². The topological polar surface area (TPSA) is 54.0 Å². The number of hydrogen-bond donors (Lipinski definition) is 2. The summed E-state index contributed by atoms with van der Waals surface area (Å²) in [6, 6.07) is 1.33. The first kappa shape index (κ1) is 14.0. The van der Waals surface area contributed by atoms with Gasteiger partial charge in [0.05, 0.1) is 5.01 Å². The average Bonchev–Trinajstić information content (AvgIpc) is 3.06. The molecular formula is C15H23N3OS. The molecule has 2 fully saturated rings. The summed E-state index contributed by atoms with van der Waals surface area (Å²) in [6.07, 6.45) is 7.45. The maximum Gasteiger partial charge on any atom is 0.220 e. The number of fused-ring (bicyclic) bond motifs is 2. The minimum Gasteiger partial charge on any atom is -0.355 e. The molecule has 0 saturated carbocycles. The largest absolute Gasteiger partial charge is 0.355 e. The Balaban J connectivity index is 1.41. The number of piperidine rings is 1. The predicted octanol–water partition coefficient (Wildman–Crippen LogP) is 2.28. The minimum atomic E-state index is 0.208. The van der Waals surface area contributed by atoms with Crippen LogP contribution in [0.25, 0.3) is 0 Å². The summed E-state index contributed by atoms with van der Waals surface area (Å²) >= 11 is 1.66. The Morgan fingerprint density at radius 2 is 2.25 bits per heavy atom. The first-order chi connectivity index (χ1) is 9.70. The molecule has 0 aromatic carbocycles. The van der Waals surface area contributed by atoms with Crippen LogP contribution in [0.2, 0.25) is 0 Å². The second kappa shape index (κ2) is 6.22. The summed E-state index contributed by atoms with van der Waals surface area (Å²) in [5, 5.41) is 9.79. The van der Waals surface area contributed by atoms with Crippen molar-refractivity contribution in [2.45, 2.75) is 57.0 Å². The zero-order valence-corrected chi connectivity index (χ0v) is 12.8. The van der Waals surface area contributed by atoms with E-state index in [0.29, 0.717) is 36.9 Å². The van der Waals surface area contributed by atoms with Crippen molar-refractivity contribution in [2.24, 2.45) is 5.92 Å². The Labute approximate surface area is 124 Å². The van der Waals surface area contributed by atoms with Gasteiger partial charge in [0, 0.05) is 42.5 Å². The number of carbonyl (C=O) groups excluding carboxylic acids is 1. The lowest BCUT2D eigenvalue weighted by molar-refractivity contribution is -0.122. The highest BCUT2D eigenvalue weighted by molar-refractivity contribution is 7.09. The van der Waals surface area contributed by atoms with Gasteiger partial charge in [-0.25, -0.2) is 4.98 Å². The SMILES string of the molecule is CC(CNC(=O)CC1CC2CCC(C1)N2)c1nccs1. The van der Waals surface area contributed by atoms with Crippen molar-refractivity contribution >= 4 is 17.2 Å². The minimum absolute atomic E-state index is 0.208. The summed E-state index contributed by atoms with van der Waals surface area (Å²) in [7, 11) is 0. The molecule has 2 aliphatic heterocycles. The molecule has 1 aromatic heterocycles. The van der Waals surface area contributed by atoms with E-state index in [2.05, 4.69) is 22.5 Å². The smallest absolute Gasteiger partial charge is 0.220 e. The zero-order chi connectivity index (χ0) is 13.9. The maximum atomic E-state index is 12.1. The molecule has 4 nitrogen and oxygen atoms in total. The van der Waals surface area contributed by atoms with Crippen LogP contribution in [0.1, 0.15) is 50.0 Å². The summed E-state index contributed by atoms with van der Waals surface area (Å²) < 4.78 is 0.